The Balaban J connectivity index is 2.18. The van der Waals surface area contributed by atoms with Gasteiger partial charge in [-0.2, -0.15) is 0 Å². The number of sulfonamides is 1. The fourth-order valence-corrected chi connectivity index (χ4v) is 2.87. The van der Waals surface area contributed by atoms with Crippen LogP contribution in [-0.4, -0.2) is 26.8 Å². The molecule has 0 spiro atoms. The fraction of sp³-hybridized carbons (Fsp3) is 0.0667. The van der Waals surface area contributed by atoms with Crippen LogP contribution in [0.3, 0.4) is 0 Å². The number of benzene rings is 2. The summed E-state index contributed by atoms with van der Waals surface area (Å²) in [7, 11) is -3.92. The second-order valence-corrected chi connectivity index (χ2v) is 6.47. The van der Waals surface area contributed by atoms with Gasteiger partial charge < -0.3 is 11.1 Å². The predicted molar refractivity (Wildman–Crippen MR) is 85.2 cm³/mol. The van der Waals surface area contributed by atoms with E-state index in [4.69, 9.17) is 5.73 Å². The molecular weight excluding hydrogens is 337 g/mol. The Labute approximate surface area is 137 Å². The predicted octanol–water partition coefficient (Wildman–Crippen LogP) is 0.842. The maximum absolute atomic E-state index is 12.9. The van der Waals surface area contributed by atoms with E-state index in [1.54, 1.807) is 0 Å². The summed E-state index contributed by atoms with van der Waals surface area (Å²) in [5.41, 5.74) is 5.23. The third-order valence-corrected chi connectivity index (χ3v) is 4.32. The summed E-state index contributed by atoms with van der Waals surface area (Å²) >= 11 is 0. The topological polar surface area (TPSA) is 118 Å². The Morgan fingerprint density at radius 2 is 1.75 bits per heavy atom. The van der Waals surface area contributed by atoms with Gasteiger partial charge in [0.15, 0.2) is 0 Å². The number of nitrogens with two attached hydrogens (primary N) is 1. The summed E-state index contributed by atoms with van der Waals surface area (Å²) in [4.78, 5) is 22.4. The molecule has 0 saturated heterocycles. The number of halogens is 1. The van der Waals surface area contributed by atoms with Crippen LogP contribution in [0, 0.1) is 5.82 Å². The molecule has 0 bridgehead atoms. The van der Waals surface area contributed by atoms with Crippen molar-refractivity contribution in [2.24, 2.45) is 5.73 Å². The van der Waals surface area contributed by atoms with Gasteiger partial charge in [-0.15, -0.1) is 0 Å². The first-order chi connectivity index (χ1) is 11.3. The largest absolute Gasteiger partial charge is 0.368 e. The second-order valence-electron chi connectivity index (χ2n) is 4.79. The molecule has 9 heteroatoms. The zero-order valence-electron chi connectivity index (χ0n) is 12.3. The molecule has 0 fully saturated rings. The lowest BCUT2D eigenvalue weighted by atomic mass is 10.2. The molecule has 4 N–H and O–H groups in total. The minimum absolute atomic E-state index is 0.118. The summed E-state index contributed by atoms with van der Waals surface area (Å²) in [5.74, 6) is -1.82. The van der Waals surface area contributed by atoms with Gasteiger partial charge in [0.1, 0.15) is 5.82 Å². The fourth-order valence-electron chi connectivity index (χ4n) is 1.82. The molecule has 0 radical (unpaired) electrons. The molecule has 0 aliphatic carbocycles. The molecule has 126 valence electrons. The highest BCUT2D eigenvalue weighted by molar-refractivity contribution is 7.92. The number of hydrogen-bond donors (Lipinski definition) is 3. The molecule has 2 aromatic carbocycles. The maximum Gasteiger partial charge on any atom is 0.261 e. The number of carbonyl (C=O) groups excluding carboxylic acids is 2. The normalized spacial score (nSPS) is 10.9. The molecular formula is C15H14FN3O4S. The molecule has 2 aromatic rings. The van der Waals surface area contributed by atoms with Crippen LogP contribution in [0.15, 0.2) is 53.4 Å². The average Bonchev–Trinajstić information content (AvgIpc) is 2.52. The molecule has 0 saturated carbocycles. The molecule has 7 nitrogen and oxygen atoms in total. The van der Waals surface area contributed by atoms with Gasteiger partial charge >= 0.3 is 0 Å². The van der Waals surface area contributed by atoms with Gasteiger partial charge in [0.05, 0.1) is 11.4 Å². The van der Waals surface area contributed by atoms with Crippen molar-refractivity contribution in [2.75, 3.05) is 11.3 Å². The third kappa shape index (κ3) is 4.53. The van der Waals surface area contributed by atoms with Crippen LogP contribution in [0.25, 0.3) is 0 Å². The van der Waals surface area contributed by atoms with E-state index in [1.165, 1.54) is 24.3 Å². The van der Waals surface area contributed by atoms with Gasteiger partial charge in [-0.05, 0) is 42.5 Å². The van der Waals surface area contributed by atoms with Crippen molar-refractivity contribution < 1.29 is 22.4 Å². The third-order valence-electron chi connectivity index (χ3n) is 2.92. The van der Waals surface area contributed by atoms with Gasteiger partial charge in [-0.3, -0.25) is 14.3 Å². The van der Waals surface area contributed by atoms with Gasteiger partial charge in [0.25, 0.3) is 15.9 Å². The van der Waals surface area contributed by atoms with E-state index in [0.29, 0.717) is 0 Å². The van der Waals surface area contributed by atoms with E-state index in [-0.39, 0.29) is 22.7 Å². The highest BCUT2D eigenvalue weighted by Gasteiger charge is 2.15. The van der Waals surface area contributed by atoms with Gasteiger partial charge in [0.2, 0.25) is 5.91 Å². The summed E-state index contributed by atoms with van der Waals surface area (Å²) in [6.07, 6.45) is 0. The Morgan fingerprint density at radius 3 is 2.38 bits per heavy atom. The smallest absolute Gasteiger partial charge is 0.261 e. The van der Waals surface area contributed by atoms with Gasteiger partial charge in [-0.25, -0.2) is 12.8 Å². The van der Waals surface area contributed by atoms with E-state index in [1.807, 2.05) is 0 Å². The number of primary amides is 1. The maximum atomic E-state index is 12.9. The molecule has 0 aromatic heterocycles. The number of hydrogen-bond acceptors (Lipinski definition) is 4. The van der Waals surface area contributed by atoms with Crippen molar-refractivity contribution >= 4 is 27.5 Å². The van der Waals surface area contributed by atoms with E-state index in [2.05, 4.69) is 10.0 Å². The molecule has 0 aliphatic heterocycles. The van der Waals surface area contributed by atoms with Crippen molar-refractivity contribution in [3.05, 3.63) is 59.9 Å². The van der Waals surface area contributed by atoms with Crippen LogP contribution in [0.4, 0.5) is 10.1 Å². The minimum atomic E-state index is -3.92. The van der Waals surface area contributed by atoms with Crippen LogP contribution in [0.1, 0.15) is 10.4 Å². The first kappa shape index (κ1) is 17.4. The Morgan fingerprint density at radius 1 is 1.08 bits per heavy atom. The van der Waals surface area contributed by atoms with Crippen molar-refractivity contribution in [2.45, 2.75) is 4.90 Å². The quantitative estimate of drug-likeness (QED) is 0.714. The second kappa shape index (κ2) is 7.09. The highest BCUT2D eigenvalue weighted by atomic mass is 32.2. The first-order valence-electron chi connectivity index (χ1n) is 6.73. The lowest BCUT2D eigenvalue weighted by Gasteiger charge is -2.09. The SMILES string of the molecule is NC(=O)CNC(=O)c1cccc(NS(=O)(=O)c2ccc(F)cc2)c1. The number of amides is 2. The minimum Gasteiger partial charge on any atom is -0.368 e. The summed E-state index contributed by atoms with van der Waals surface area (Å²) in [6, 6.07) is 9.99. The zero-order chi connectivity index (χ0) is 17.7. The monoisotopic (exact) mass is 351 g/mol. The summed E-state index contributed by atoms with van der Waals surface area (Å²) in [5, 5.41) is 2.29. The average molecular weight is 351 g/mol. The van der Waals surface area contributed by atoms with Crippen LogP contribution in [-0.2, 0) is 14.8 Å². The van der Waals surface area contributed by atoms with Crippen molar-refractivity contribution in [1.29, 1.82) is 0 Å². The lowest BCUT2D eigenvalue weighted by Crippen LogP contribution is -2.33. The van der Waals surface area contributed by atoms with E-state index in [0.717, 1.165) is 24.3 Å². The van der Waals surface area contributed by atoms with Gasteiger partial charge in [-0.1, -0.05) is 6.07 Å². The van der Waals surface area contributed by atoms with Crippen molar-refractivity contribution in [1.82, 2.24) is 5.32 Å². The van der Waals surface area contributed by atoms with Crippen LogP contribution in [0.5, 0.6) is 0 Å². The van der Waals surface area contributed by atoms with E-state index >= 15 is 0 Å². The number of carbonyl (C=O) groups is 2. The van der Waals surface area contributed by atoms with Gasteiger partial charge in [0, 0.05) is 11.3 Å². The standard InChI is InChI=1S/C15H14FN3O4S/c16-11-4-6-13(7-5-11)24(22,23)19-12-3-1-2-10(8-12)15(21)18-9-14(17)20/h1-8,19H,9H2,(H2,17,20)(H,18,21). The van der Waals surface area contributed by atoms with E-state index < -0.39 is 27.7 Å². The zero-order valence-corrected chi connectivity index (χ0v) is 13.1. The highest BCUT2D eigenvalue weighted by Crippen LogP contribution is 2.17. The molecule has 2 amide bonds. The lowest BCUT2D eigenvalue weighted by molar-refractivity contribution is -0.117. The van der Waals surface area contributed by atoms with Crippen LogP contribution >= 0.6 is 0 Å². The van der Waals surface area contributed by atoms with Crippen molar-refractivity contribution in [3.63, 3.8) is 0 Å². The molecule has 0 heterocycles. The summed E-state index contributed by atoms with van der Waals surface area (Å²) < 4.78 is 39.6. The number of rotatable bonds is 6. The molecule has 24 heavy (non-hydrogen) atoms. The summed E-state index contributed by atoms with van der Waals surface area (Å²) in [6.45, 7) is -0.329. The molecule has 2 rings (SSSR count). The number of anilines is 1. The Hall–Kier alpha value is -2.94. The molecule has 0 unspecified atom stereocenters. The molecule has 0 aliphatic rings. The Kier molecular flexibility index (Phi) is 5.14. The van der Waals surface area contributed by atoms with E-state index in [9.17, 15) is 22.4 Å². The van der Waals surface area contributed by atoms with Crippen LogP contribution < -0.4 is 15.8 Å². The van der Waals surface area contributed by atoms with Crippen LogP contribution in [0.2, 0.25) is 0 Å². The Bertz CT molecular complexity index is 867. The number of nitrogens with one attached hydrogen (secondary N) is 2. The van der Waals surface area contributed by atoms with Crippen molar-refractivity contribution in [3.8, 4) is 0 Å². The first-order valence-corrected chi connectivity index (χ1v) is 8.21. The molecule has 0 atom stereocenters.